The second kappa shape index (κ2) is 10.1. The maximum Gasteiger partial charge on any atom is 0.416 e. The summed E-state index contributed by atoms with van der Waals surface area (Å²) < 4.78 is 39.6. The van der Waals surface area contributed by atoms with Crippen LogP contribution in [0, 0.1) is 6.92 Å². The smallest absolute Gasteiger partial charge is 0.369 e. The summed E-state index contributed by atoms with van der Waals surface area (Å²) in [6.45, 7) is 4.77. The van der Waals surface area contributed by atoms with E-state index in [2.05, 4.69) is 34.2 Å². The molecule has 178 valence electrons. The number of alkyl halides is 3. The Labute approximate surface area is 201 Å². The normalized spacial score (nSPS) is 15.7. The van der Waals surface area contributed by atoms with Crippen molar-refractivity contribution < 1.29 is 18.0 Å². The number of para-hydroxylation sites is 1. The first kappa shape index (κ1) is 24.1. The van der Waals surface area contributed by atoms with Gasteiger partial charge in [-0.15, -0.1) is 0 Å². The maximum atomic E-state index is 13.4. The first-order valence-corrected chi connectivity index (χ1v) is 11.4. The number of nitrogens with zero attached hydrogens (tertiary/aromatic N) is 2. The molecule has 0 bridgehead atoms. The number of anilines is 2. The lowest BCUT2D eigenvalue weighted by molar-refractivity contribution is -0.137. The Morgan fingerprint density at radius 3 is 2.24 bits per heavy atom. The van der Waals surface area contributed by atoms with Gasteiger partial charge in [-0.2, -0.15) is 13.2 Å². The largest absolute Gasteiger partial charge is 0.416 e. The highest BCUT2D eigenvalue weighted by molar-refractivity contribution is 6.33. The summed E-state index contributed by atoms with van der Waals surface area (Å²) in [4.78, 5) is 17.8. The third kappa shape index (κ3) is 5.37. The van der Waals surface area contributed by atoms with Gasteiger partial charge in [-0.25, -0.2) is 0 Å². The molecule has 1 aliphatic heterocycles. The van der Waals surface area contributed by atoms with Crippen molar-refractivity contribution in [2.45, 2.75) is 19.1 Å². The van der Waals surface area contributed by atoms with E-state index < -0.39 is 23.7 Å². The van der Waals surface area contributed by atoms with Gasteiger partial charge in [0.2, 0.25) is 5.91 Å². The molecule has 4 nitrogen and oxygen atoms in total. The van der Waals surface area contributed by atoms with Crippen molar-refractivity contribution in [3.05, 3.63) is 94.5 Å². The van der Waals surface area contributed by atoms with Crippen LogP contribution in [0.25, 0.3) is 0 Å². The highest BCUT2D eigenvalue weighted by Crippen LogP contribution is 2.35. The Bertz CT molecular complexity index is 1150. The predicted octanol–water partition coefficient (Wildman–Crippen LogP) is 6.17. The minimum absolute atomic E-state index is 0.0533. The number of rotatable bonds is 5. The fourth-order valence-corrected chi connectivity index (χ4v) is 4.47. The average molecular weight is 488 g/mol. The summed E-state index contributed by atoms with van der Waals surface area (Å²) in [6, 6.07) is 19.7. The molecule has 0 spiro atoms. The van der Waals surface area contributed by atoms with Gasteiger partial charge in [0.15, 0.2) is 0 Å². The fraction of sp³-hybridized carbons (Fsp3) is 0.269. The van der Waals surface area contributed by atoms with E-state index in [1.54, 1.807) is 0 Å². The molecule has 4 rings (SSSR count). The van der Waals surface area contributed by atoms with Gasteiger partial charge in [-0.1, -0.05) is 60.1 Å². The van der Waals surface area contributed by atoms with Crippen molar-refractivity contribution in [2.75, 3.05) is 36.4 Å². The molecule has 34 heavy (non-hydrogen) atoms. The molecule has 0 aromatic heterocycles. The molecule has 1 unspecified atom stereocenters. The molecular weight excluding hydrogens is 463 g/mol. The van der Waals surface area contributed by atoms with Gasteiger partial charge in [0.05, 0.1) is 16.3 Å². The third-order valence-electron chi connectivity index (χ3n) is 6.05. The van der Waals surface area contributed by atoms with Crippen LogP contribution in [-0.4, -0.2) is 37.0 Å². The zero-order valence-corrected chi connectivity index (χ0v) is 19.4. The summed E-state index contributed by atoms with van der Waals surface area (Å²) in [7, 11) is 0. The molecule has 0 saturated carbocycles. The first-order valence-electron chi connectivity index (χ1n) is 11.0. The molecule has 1 fully saturated rings. The Morgan fingerprint density at radius 2 is 1.59 bits per heavy atom. The van der Waals surface area contributed by atoms with E-state index >= 15 is 0 Å². The Balaban J connectivity index is 1.56. The summed E-state index contributed by atoms with van der Waals surface area (Å²) >= 11 is 6.13. The lowest BCUT2D eigenvalue weighted by atomic mass is 10.0. The average Bonchev–Trinajstić information content (AvgIpc) is 2.81. The van der Waals surface area contributed by atoms with Crippen LogP contribution >= 0.6 is 11.6 Å². The fourth-order valence-electron chi connectivity index (χ4n) is 4.30. The van der Waals surface area contributed by atoms with Crippen molar-refractivity contribution in [2.24, 2.45) is 0 Å². The number of carbonyl (C=O) groups excluding carboxylic acids is 1. The van der Waals surface area contributed by atoms with E-state index in [0.29, 0.717) is 13.1 Å². The van der Waals surface area contributed by atoms with Gasteiger partial charge in [0.25, 0.3) is 0 Å². The Morgan fingerprint density at radius 1 is 0.941 bits per heavy atom. The summed E-state index contributed by atoms with van der Waals surface area (Å²) in [5.41, 5.74) is 2.20. The second-order valence-corrected chi connectivity index (χ2v) is 8.71. The second-order valence-electron chi connectivity index (χ2n) is 8.30. The van der Waals surface area contributed by atoms with Crippen LogP contribution in [0.5, 0.6) is 0 Å². The monoisotopic (exact) mass is 487 g/mol. The number of benzene rings is 3. The predicted molar refractivity (Wildman–Crippen MR) is 129 cm³/mol. The molecule has 1 saturated heterocycles. The molecule has 0 aliphatic carbocycles. The molecule has 1 amide bonds. The lowest BCUT2D eigenvalue weighted by Gasteiger charge is -2.40. The quantitative estimate of drug-likeness (QED) is 0.467. The zero-order valence-electron chi connectivity index (χ0n) is 18.6. The van der Waals surface area contributed by atoms with Crippen LogP contribution in [-0.2, 0) is 11.0 Å². The maximum absolute atomic E-state index is 13.4. The number of hydrogen-bond acceptors (Lipinski definition) is 3. The summed E-state index contributed by atoms with van der Waals surface area (Å²) in [5.74, 6) is -0.420. The minimum atomic E-state index is -4.53. The van der Waals surface area contributed by atoms with Crippen LogP contribution in [0.1, 0.15) is 22.7 Å². The molecule has 1 heterocycles. The lowest BCUT2D eigenvalue weighted by Crippen LogP contribution is -2.50. The van der Waals surface area contributed by atoms with E-state index in [0.717, 1.165) is 36.9 Å². The SMILES string of the molecule is Cc1ccccc1N1CCN(C(C(=O)Nc2cc(C(F)(F)F)ccc2Cl)c2ccccc2)CC1. The van der Waals surface area contributed by atoms with Crippen LogP contribution in [0.2, 0.25) is 5.02 Å². The summed E-state index contributed by atoms with van der Waals surface area (Å²) in [5, 5.41) is 2.70. The van der Waals surface area contributed by atoms with Crippen LogP contribution in [0.4, 0.5) is 24.5 Å². The van der Waals surface area contributed by atoms with Gasteiger partial charge in [0.1, 0.15) is 6.04 Å². The van der Waals surface area contributed by atoms with E-state index in [1.807, 2.05) is 42.5 Å². The van der Waals surface area contributed by atoms with Crippen molar-refractivity contribution in [3.8, 4) is 0 Å². The van der Waals surface area contributed by atoms with Crippen LogP contribution in [0.15, 0.2) is 72.8 Å². The topological polar surface area (TPSA) is 35.6 Å². The third-order valence-corrected chi connectivity index (χ3v) is 6.38. The zero-order chi connectivity index (χ0) is 24.3. The molecular formula is C26H25ClF3N3O. The van der Waals surface area contributed by atoms with Gasteiger partial charge in [-0.3, -0.25) is 9.69 Å². The summed E-state index contributed by atoms with van der Waals surface area (Å²) in [6.07, 6.45) is -4.53. The van der Waals surface area contributed by atoms with E-state index in [1.165, 1.54) is 11.3 Å². The number of nitrogens with one attached hydrogen (secondary N) is 1. The minimum Gasteiger partial charge on any atom is -0.369 e. The number of amides is 1. The first-order chi connectivity index (χ1) is 16.2. The molecule has 3 aromatic rings. The Hall–Kier alpha value is -3.03. The molecule has 0 radical (unpaired) electrons. The highest BCUT2D eigenvalue weighted by atomic mass is 35.5. The van der Waals surface area contributed by atoms with E-state index in [-0.39, 0.29) is 10.7 Å². The van der Waals surface area contributed by atoms with Gasteiger partial charge in [0, 0.05) is 31.9 Å². The molecule has 8 heteroatoms. The highest BCUT2D eigenvalue weighted by Gasteiger charge is 2.33. The molecule has 1 atom stereocenters. The van der Waals surface area contributed by atoms with Crippen LogP contribution in [0.3, 0.4) is 0 Å². The van der Waals surface area contributed by atoms with Crippen molar-refractivity contribution in [1.29, 1.82) is 0 Å². The molecule has 3 aromatic carbocycles. The number of piperazine rings is 1. The van der Waals surface area contributed by atoms with Crippen molar-refractivity contribution in [3.63, 3.8) is 0 Å². The van der Waals surface area contributed by atoms with Gasteiger partial charge < -0.3 is 10.2 Å². The van der Waals surface area contributed by atoms with Gasteiger partial charge in [-0.05, 0) is 42.3 Å². The van der Waals surface area contributed by atoms with Crippen LogP contribution < -0.4 is 10.2 Å². The number of aryl methyl sites for hydroxylation is 1. The van der Waals surface area contributed by atoms with E-state index in [4.69, 9.17) is 11.6 Å². The van der Waals surface area contributed by atoms with E-state index in [9.17, 15) is 18.0 Å². The van der Waals surface area contributed by atoms with Gasteiger partial charge >= 0.3 is 6.18 Å². The molecule has 1 aliphatic rings. The Kier molecular flexibility index (Phi) is 7.14. The molecule has 1 N–H and O–H groups in total. The van der Waals surface area contributed by atoms with Crippen molar-refractivity contribution >= 4 is 28.9 Å². The number of carbonyl (C=O) groups is 1. The number of hydrogen-bond donors (Lipinski definition) is 1. The van der Waals surface area contributed by atoms with Crippen molar-refractivity contribution in [1.82, 2.24) is 4.90 Å². The number of halogens is 4. The standard InChI is InChI=1S/C26H25ClF3N3O/c1-18-7-5-6-10-23(18)32-13-15-33(16-14-32)24(19-8-3-2-4-9-19)25(34)31-22-17-20(26(28,29)30)11-12-21(22)27/h2-12,17,24H,13-16H2,1H3,(H,31,34).